The van der Waals surface area contributed by atoms with E-state index in [-0.39, 0.29) is 0 Å². The van der Waals surface area contributed by atoms with Crippen LogP contribution in [-0.2, 0) is 13.6 Å². The predicted molar refractivity (Wildman–Crippen MR) is 56.6 cm³/mol. The Balaban J connectivity index is 0. The molecule has 0 unspecified atom stereocenters. The van der Waals surface area contributed by atoms with Crippen molar-refractivity contribution in [2.24, 2.45) is 0 Å². The van der Waals surface area contributed by atoms with E-state index >= 15 is 0 Å². The van der Waals surface area contributed by atoms with E-state index in [1.807, 2.05) is 0 Å². The van der Waals surface area contributed by atoms with Crippen LogP contribution < -0.4 is 0 Å². The van der Waals surface area contributed by atoms with Crippen LogP contribution >= 0.6 is 52.4 Å². The standard InChI is InChI=1S/C2H6O3P.5ClH.Sb/c1-4-6(3)5-2;;;;;;/h1-2H3;5*1H;/q+1;;;;;;+5/p-5. The molecular weight excluding hydrogens is 402 g/mol. The van der Waals surface area contributed by atoms with Gasteiger partial charge in [0.2, 0.25) is 0 Å². The molecule has 12 heavy (non-hydrogen) atoms. The summed E-state index contributed by atoms with van der Waals surface area (Å²) in [7, 11) is 26.1. The van der Waals surface area contributed by atoms with Crippen molar-refractivity contribution in [1.82, 2.24) is 0 Å². The molecule has 0 saturated carbocycles. The van der Waals surface area contributed by atoms with Crippen molar-refractivity contribution in [1.29, 1.82) is 0 Å². The Hall–Kier alpha value is 2.29. The van der Waals surface area contributed by atoms with Crippen molar-refractivity contribution in [2.45, 2.75) is 0 Å². The van der Waals surface area contributed by atoms with Gasteiger partial charge in [0, 0.05) is 4.57 Å². The average Bonchev–Trinajstić information content (AvgIpc) is 1.81. The topological polar surface area (TPSA) is 35.5 Å². The molecule has 0 heterocycles. The van der Waals surface area contributed by atoms with Crippen molar-refractivity contribution in [2.75, 3.05) is 14.2 Å². The quantitative estimate of drug-likeness (QED) is 0.512. The van der Waals surface area contributed by atoms with Crippen LogP contribution in [-0.4, -0.2) is 25.9 Å². The van der Waals surface area contributed by atoms with Crippen molar-refractivity contribution in [3.8, 4) is 0 Å². The third-order valence-corrected chi connectivity index (χ3v) is 0.894. The molecule has 0 aromatic heterocycles. The number of rotatable bonds is 2. The molecule has 0 radical (unpaired) electrons. The van der Waals surface area contributed by atoms with Gasteiger partial charge in [0.25, 0.3) is 0 Å². The summed E-state index contributed by atoms with van der Waals surface area (Å²) in [5, 5.41) is 0. The molecule has 0 atom stereocenters. The van der Waals surface area contributed by atoms with E-state index in [9.17, 15) is 4.57 Å². The normalized spacial score (nSPS) is 13.8. The van der Waals surface area contributed by atoms with Gasteiger partial charge in [-0.1, -0.05) is 0 Å². The Morgan fingerprint density at radius 2 is 1.17 bits per heavy atom. The first-order chi connectivity index (χ1) is 5.04. The zero-order valence-electron chi connectivity index (χ0n) is 6.01. The van der Waals surface area contributed by atoms with Crippen LogP contribution in [0.25, 0.3) is 0 Å². The Labute approximate surface area is 90.9 Å². The van der Waals surface area contributed by atoms with Gasteiger partial charge >= 0.3 is 64.1 Å². The molecular formula is C2H6Cl5O3PSb+. The zero-order valence-corrected chi connectivity index (χ0v) is 13.2. The fourth-order valence-electron chi connectivity index (χ4n) is 0.0745. The molecule has 0 fully saturated rings. The van der Waals surface area contributed by atoms with Gasteiger partial charge in [-0.3, -0.25) is 0 Å². The van der Waals surface area contributed by atoms with Crippen molar-refractivity contribution in [3.05, 3.63) is 0 Å². The molecule has 3 nitrogen and oxygen atoms in total. The summed E-state index contributed by atoms with van der Waals surface area (Å²) in [6.07, 6.45) is 0. The van der Waals surface area contributed by atoms with Crippen LogP contribution in [0.5, 0.6) is 0 Å². The van der Waals surface area contributed by atoms with E-state index in [1.165, 1.54) is 14.2 Å². The molecule has 0 aliphatic rings. The molecule has 76 valence electrons. The van der Waals surface area contributed by atoms with Gasteiger partial charge in [0.15, 0.2) is 0 Å². The Kier molecular flexibility index (Phi) is 9.35. The summed E-state index contributed by atoms with van der Waals surface area (Å²) in [6.45, 7) is 0. The SMILES string of the molecule is CO[P+](=O)OC.[Cl][Sb]([Cl])([Cl])([Cl])[Cl]. The maximum absolute atomic E-state index is 9.88. The van der Waals surface area contributed by atoms with Gasteiger partial charge in [-0.05, 0) is 0 Å². The third kappa shape index (κ3) is 39.6. The second kappa shape index (κ2) is 6.71. The average molecular weight is 408 g/mol. The first-order valence-electron chi connectivity index (χ1n) is 2.21. The van der Waals surface area contributed by atoms with E-state index < -0.39 is 19.9 Å². The Morgan fingerprint density at radius 1 is 1.00 bits per heavy atom. The van der Waals surface area contributed by atoms with Crippen LogP contribution in [0.2, 0.25) is 0 Å². The Bertz CT molecular complexity index is 132. The second-order valence-electron chi connectivity index (χ2n) is 1.23. The minimum absolute atomic E-state index is 1.32. The van der Waals surface area contributed by atoms with E-state index in [4.69, 9.17) is 44.1 Å². The van der Waals surface area contributed by atoms with Crippen LogP contribution in [0.3, 0.4) is 0 Å². The molecule has 0 amide bonds. The fraction of sp³-hybridized carbons (Fsp3) is 1.00. The second-order valence-corrected chi connectivity index (χ2v) is 40.3. The number of halogens is 5. The van der Waals surface area contributed by atoms with Crippen LogP contribution in [0, 0.1) is 0 Å². The summed E-state index contributed by atoms with van der Waals surface area (Å²) in [6, 6.07) is 0. The third-order valence-electron chi connectivity index (χ3n) is 0.298. The molecule has 0 aromatic rings. The van der Waals surface area contributed by atoms with E-state index in [0.29, 0.717) is 0 Å². The maximum atomic E-state index is 9.88. The van der Waals surface area contributed by atoms with Crippen molar-refractivity contribution < 1.29 is 13.6 Å². The van der Waals surface area contributed by atoms with Gasteiger partial charge in [-0.15, -0.1) is 9.05 Å². The predicted octanol–water partition coefficient (Wildman–Crippen LogP) is 4.00. The summed E-state index contributed by atoms with van der Waals surface area (Å²) < 4.78 is 18.3. The molecule has 0 aliphatic heterocycles. The first kappa shape index (κ1) is 16.7. The van der Waals surface area contributed by atoms with Gasteiger partial charge in [-0.2, -0.15) is 0 Å². The van der Waals surface area contributed by atoms with E-state index in [2.05, 4.69) is 9.05 Å². The van der Waals surface area contributed by atoms with E-state index in [1.54, 1.807) is 0 Å². The van der Waals surface area contributed by atoms with Crippen LogP contribution in [0.15, 0.2) is 0 Å². The van der Waals surface area contributed by atoms with Crippen LogP contribution in [0.1, 0.15) is 0 Å². The van der Waals surface area contributed by atoms with Crippen molar-refractivity contribution >= 4 is 64.1 Å². The molecule has 0 bridgehead atoms. The Morgan fingerprint density at radius 3 is 1.17 bits per heavy atom. The molecule has 0 N–H and O–H groups in total. The molecule has 0 aromatic carbocycles. The molecule has 0 rings (SSSR count). The summed E-state index contributed by atoms with van der Waals surface area (Å²) in [5.41, 5.74) is 0. The fourth-order valence-corrected chi connectivity index (χ4v) is 0.224. The van der Waals surface area contributed by atoms with Gasteiger partial charge in [0.1, 0.15) is 0 Å². The molecule has 0 saturated heterocycles. The van der Waals surface area contributed by atoms with Crippen molar-refractivity contribution in [3.63, 3.8) is 0 Å². The first-order valence-corrected chi connectivity index (χ1v) is 19.5. The summed E-state index contributed by atoms with van der Waals surface area (Å²) >= 11 is -4.33. The molecule has 10 heteroatoms. The van der Waals surface area contributed by atoms with Gasteiger partial charge in [0.05, 0.1) is 14.2 Å². The number of hydrogen-bond donors (Lipinski definition) is 0. The zero-order chi connectivity index (χ0) is 10.4. The monoisotopic (exact) mass is 405 g/mol. The summed E-state index contributed by atoms with van der Waals surface area (Å²) in [4.78, 5) is 0. The minimum atomic E-state index is -4.33. The molecule has 0 aliphatic carbocycles. The molecule has 0 spiro atoms. The van der Waals surface area contributed by atoms with Gasteiger partial charge < -0.3 is 0 Å². The number of hydrogen-bond acceptors (Lipinski definition) is 3. The van der Waals surface area contributed by atoms with Crippen LogP contribution in [0.4, 0.5) is 0 Å². The summed E-state index contributed by atoms with van der Waals surface area (Å²) in [5.74, 6) is 0. The van der Waals surface area contributed by atoms with Gasteiger partial charge in [-0.25, -0.2) is 0 Å². The van der Waals surface area contributed by atoms with E-state index in [0.717, 1.165) is 0 Å².